The Morgan fingerprint density at radius 3 is 2.81 bits per heavy atom. The maximum atomic E-state index is 12.5. The number of piperidine rings is 1. The Hall–Kier alpha value is -1.40. The smallest absolute Gasteiger partial charge is 0.222 e. The van der Waals surface area contributed by atoms with Gasteiger partial charge in [0, 0.05) is 52.2 Å². The molecule has 0 radical (unpaired) electrons. The van der Waals surface area contributed by atoms with Crippen LogP contribution in [0.2, 0.25) is 0 Å². The molecule has 4 rings (SSSR count). The molecule has 2 amide bonds. The molecule has 5 nitrogen and oxygen atoms in total. The number of carbonyl (C=O) groups excluding carboxylic acids is 2. The van der Waals surface area contributed by atoms with Gasteiger partial charge in [0.1, 0.15) is 0 Å². The van der Waals surface area contributed by atoms with E-state index < -0.39 is 0 Å². The fraction of sp³-hybridized carbons (Fsp3) is 0.714. The van der Waals surface area contributed by atoms with Crippen LogP contribution in [0.15, 0.2) is 16.8 Å². The lowest BCUT2D eigenvalue weighted by Gasteiger charge is -2.35. The van der Waals surface area contributed by atoms with Crippen LogP contribution in [-0.2, 0) is 20.9 Å². The average Bonchev–Trinajstić information content (AvgIpc) is 3.08. The van der Waals surface area contributed by atoms with Crippen molar-refractivity contribution < 1.29 is 14.3 Å². The van der Waals surface area contributed by atoms with Gasteiger partial charge >= 0.3 is 0 Å². The highest BCUT2D eigenvalue weighted by molar-refractivity contribution is 7.07. The largest absolute Gasteiger partial charge is 0.381 e. The van der Waals surface area contributed by atoms with Gasteiger partial charge in [0.15, 0.2) is 0 Å². The van der Waals surface area contributed by atoms with Gasteiger partial charge in [0.2, 0.25) is 11.8 Å². The Labute approximate surface area is 165 Å². The summed E-state index contributed by atoms with van der Waals surface area (Å²) in [5.74, 6) is 1.04. The zero-order valence-electron chi connectivity index (χ0n) is 16.2. The molecule has 2 saturated heterocycles. The van der Waals surface area contributed by atoms with Crippen molar-refractivity contribution in [2.75, 3.05) is 26.3 Å². The lowest BCUT2D eigenvalue weighted by atomic mass is 9.91. The van der Waals surface area contributed by atoms with Crippen LogP contribution in [0.4, 0.5) is 0 Å². The Morgan fingerprint density at radius 2 is 2.19 bits per heavy atom. The minimum absolute atomic E-state index is 0.167. The predicted molar refractivity (Wildman–Crippen MR) is 105 cm³/mol. The zero-order valence-corrected chi connectivity index (χ0v) is 17.0. The van der Waals surface area contributed by atoms with E-state index in [1.54, 1.807) is 18.3 Å². The fourth-order valence-corrected chi connectivity index (χ4v) is 5.48. The lowest BCUT2D eigenvalue weighted by molar-refractivity contribution is -0.134. The van der Waals surface area contributed by atoms with Crippen LogP contribution in [0.3, 0.4) is 0 Å². The monoisotopic (exact) mass is 390 g/mol. The molecular formula is C21H30N2O3S. The van der Waals surface area contributed by atoms with Crippen molar-refractivity contribution in [2.24, 2.45) is 11.3 Å². The molecule has 27 heavy (non-hydrogen) atoms. The third-order valence-electron chi connectivity index (χ3n) is 6.76. The Balaban J connectivity index is 1.27. The summed E-state index contributed by atoms with van der Waals surface area (Å²) in [6.07, 6.45) is 5.87. The molecule has 148 valence electrons. The SMILES string of the molecule is CC(=O)N(Cc1ccsc1)[C@H]1CC12CCN(C(=O)CC[C@@H]1CCOC1)CC2. The molecule has 3 heterocycles. The summed E-state index contributed by atoms with van der Waals surface area (Å²) in [5.41, 5.74) is 1.47. The molecule has 0 unspecified atom stereocenters. The highest BCUT2D eigenvalue weighted by Gasteiger charge is 2.58. The summed E-state index contributed by atoms with van der Waals surface area (Å²) in [5, 5.41) is 4.19. The first-order valence-corrected chi connectivity index (χ1v) is 11.2. The van der Waals surface area contributed by atoms with Crippen LogP contribution in [0.5, 0.6) is 0 Å². The van der Waals surface area contributed by atoms with Crippen molar-refractivity contribution >= 4 is 23.2 Å². The number of likely N-dealkylation sites (tertiary alicyclic amines) is 1. The summed E-state index contributed by atoms with van der Waals surface area (Å²) in [4.78, 5) is 28.9. The van der Waals surface area contributed by atoms with E-state index in [4.69, 9.17) is 4.74 Å². The third-order valence-corrected chi connectivity index (χ3v) is 7.49. The molecule has 2 atom stereocenters. The van der Waals surface area contributed by atoms with Gasteiger partial charge < -0.3 is 14.5 Å². The number of ether oxygens (including phenoxy) is 1. The maximum absolute atomic E-state index is 12.5. The number of hydrogen-bond donors (Lipinski definition) is 0. The standard InChI is InChI=1S/C21H30N2O3S/c1-16(24)23(13-18-5-11-27-15-18)19-12-21(19)6-8-22(9-7-21)20(25)3-2-17-4-10-26-14-17/h5,11,15,17,19H,2-4,6-10,12-14H2,1H3/t17-,19+/m1/s1. The van der Waals surface area contributed by atoms with Crippen molar-refractivity contribution in [2.45, 2.75) is 58.0 Å². The van der Waals surface area contributed by atoms with Crippen molar-refractivity contribution in [3.05, 3.63) is 22.4 Å². The van der Waals surface area contributed by atoms with E-state index in [-0.39, 0.29) is 11.3 Å². The van der Waals surface area contributed by atoms with E-state index in [0.717, 1.165) is 65.0 Å². The van der Waals surface area contributed by atoms with E-state index in [1.807, 2.05) is 4.90 Å². The first-order chi connectivity index (χ1) is 13.1. The molecule has 1 aliphatic carbocycles. The van der Waals surface area contributed by atoms with E-state index in [1.165, 1.54) is 5.56 Å². The molecule has 3 aliphatic rings. The number of hydrogen-bond acceptors (Lipinski definition) is 4. The number of amides is 2. The maximum Gasteiger partial charge on any atom is 0.222 e. The minimum atomic E-state index is 0.167. The van der Waals surface area contributed by atoms with Crippen molar-refractivity contribution in [3.8, 4) is 0 Å². The second kappa shape index (κ2) is 7.92. The van der Waals surface area contributed by atoms with E-state index in [0.29, 0.717) is 24.3 Å². The van der Waals surface area contributed by atoms with Crippen LogP contribution in [0.25, 0.3) is 0 Å². The van der Waals surface area contributed by atoms with Gasteiger partial charge in [0.05, 0.1) is 0 Å². The molecule has 1 aromatic heterocycles. The van der Waals surface area contributed by atoms with Crippen LogP contribution < -0.4 is 0 Å². The average molecular weight is 391 g/mol. The molecule has 0 bridgehead atoms. The first-order valence-electron chi connectivity index (χ1n) is 10.2. The van der Waals surface area contributed by atoms with E-state index in [2.05, 4.69) is 21.7 Å². The molecule has 1 aromatic rings. The Kier molecular flexibility index (Phi) is 5.55. The van der Waals surface area contributed by atoms with Gasteiger partial charge in [-0.2, -0.15) is 11.3 Å². The van der Waals surface area contributed by atoms with Gasteiger partial charge in [-0.05, 0) is 65.8 Å². The molecule has 2 aliphatic heterocycles. The van der Waals surface area contributed by atoms with E-state index >= 15 is 0 Å². The second-order valence-electron chi connectivity index (χ2n) is 8.51. The lowest BCUT2D eigenvalue weighted by Crippen LogP contribution is -2.42. The summed E-state index contributed by atoms with van der Waals surface area (Å²) >= 11 is 1.68. The fourth-order valence-electron chi connectivity index (χ4n) is 4.82. The molecule has 0 aromatic carbocycles. The number of nitrogens with zero attached hydrogens (tertiary/aromatic N) is 2. The van der Waals surface area contributed by atoms with Gasteiger partial charge in [0.25, 0.3) is 0 Å². The highest BCUT2D eigenvalue weighted by atomic mass is 32.1. The van der Waals surface area contributed by atoms with Gasteiger partial charge in [-0.25, -0.2) is 0 Å². The molecule has 1 spiro atoms. The Morgan fingerprint density at radius 1 is 1.37 bits per heavy atom. The summed E-state index contributed by atoms with van der Waals surface area (Å²) < 4.78 is 5.40. The Bertz CT molecular complexity index is 661. The first kappa shape index (κ1) is 18.9. The molecule has 3 fully saturated rings. The van der Waals surface area contributed by atoms with Gasteiger partial charge in [-0.15, -0.1) is 0 Å². The normalized spacial score (nSPS) is 26.3. The second-order valence-corrected chi connectivity index (χ2v) is 9.29. The van der Waals surface area contributed by atoms with Crippen LogP contribution in [0, 0.1) is 11.3 Å². The number of carbonyl (C=O) groups is 2. The van der Waals surface area contributed by atoms with Crippen molar-refractivity contribution in [1.29, 1.82) is 0 Å². The van der Waals surface area contributed by atoms with Crippen LogP contribution >= 0.6 is 11.3 Å². The van der Waals surface area contributed by atoms with Gasteiger partial charge in [-0.1, -0.05) is 0 Å². The number of rotatable bonds is 6. The summed E-state index contributed by atoms with van der Waals surface area (Å²) in [6, 6.07) is 2.45. The number of thiophene rings is 1. The van der Waals surface area contributed by atoms with Crippen LogP contribution in [0.1, 0.15) is 51.0 Å². The topological polar surface area (TPSA) is 49.9 Å². The highest BCUT2D eigenvalue weighted by Crippen LogP contribution is 2.57. The summed E-state index contributed by atoms with van der Waals surface area (Å²) in [7, 11) is 0. The zero-order chi connectivity index (χ0) is 18.9. The summed E-state index contributed by atoms with van der Waals surface area (Å²) in [6.45, 7) is 5.77. The molecular weight excluding hydrogens is 360 g/mol. The van der Waals surface area contributed by atoms with Crippen molar-refractivity contribution in [1.82, 2.24) is 9.80 Å². The van der Waals surface area contributed by atoms with E-state index in [9.17, 15) is 9.59 Å². The third kappa shape index (κ3) is 4.21. The van der Waals surface area contributed by atoms with Crippen molar-refractivity contribution in [3.63, 3.8) is 0 Å². The van der Waals surface area contributed by atoms with Gasteiger partial charge in [-0.3, -0.25) is 9.59 Å². The molecule has 0 N–H and O–H groups in total. The van der Waals surface area contributed by atoms with Crippen LogP contribution in [-0.4, -0.2) is 54.0 Å². The molecule has 1 saturated carbocycles. The molecule has 6 heteroatoms. The quantitative estimate of drug-likeness (QED) is 0.749. The minimum Gasteiger partial charge on any atom is -0.381 e. The predicted octanol–water partition coefficient (Wildman–Crippen LogP) is 3.29.